The Morgan fingerprint density at radius 1 is 0.667 bits per heavy atom. The molecule has 16 heteroatoms. The molecule has 0 aliphatic rings. The highest BCUT2D eigenvalue weighted by Gasteiger charge is 2.31. The van der Waals surface area contributed by atoms with Gasteiger partial charge in [-0.25, -0.2) is 4.79 Å². The van der Waals surface area contributed by atoms with Crippen LogP contribution in [0.4, 0.5) is 0 Å². The van der Waals surface area contributed by atoms with E-state index in [0.29, 0.717) is 12.8 Å². The third-order valence-electron chi connectivity index (χ3n) is 4.92. The maximum absolute atomic E-state index is 12.8. The number of nitrogens with one attached hydrogen (secondary N) is 3. The van der Waals surface area contributed by atoms with Crippen molar-refractivity contribution >= 4 is 41.5 Å². The normalized spacial score (nSPS) is 13.9. The van der Waals surface area contributed by atoms with Crippen molar-refractivity contribution in [2.45, 2.75) is 75.5 Å². The summed E-state index contributed by atoms with van der Waals surface area (Å²) in [5, 5.41) is 24.8. The van der Waals surface area contributed by atoms with Crippen molar-refractivity contribution in [3.05, 3.63) is 0 Å². The largest absolute Gasteiger partial charge is 0.481 e. The van der Waals surface area contributed by atoms with Crippen molar-refractivity contribution < 1.29 is 43.8 Å². The van der Waals surface area contributed by atoms with Gasteiger partial charge in [-0.15, -0.1) is 0 Å². The van der Waals surface area contributed by atoms with E-state index < -0.39 is 84.9 Å². The Bertz CT molecular complexity index is 821. The van der Waals surface area contributed by atoms with E-state index in [4.69, 9.17) is 28.0 Å². The number of carboxylic acid groups (broad SMARTS) is 2. The van der Waals surface area contributed by atoms with Gasteiger partial charge in [-0.05, 0) is 38.6 Å². The van der Waals surface area contributed by atoms with Gasteiger partial charge >= 0.3 is 11.9 Å². The number of unbranched alkanes of at least 4 members (excludes halogenated alkanes) is 1. The number of aliphatic carboxylic acids is 2. The molecule has 5 amide bonds. The topological polar surface area (TPSA) is 300 Å². The third kappa shape index (κ3) is 13.8. The second-order valence-corrected chi connectivity index (χ2v) is 8.02. The van der Waals surface area contributed by atoms with E-state index in [1.165, 1.54) is 0 Å². The highest BCUT2D eigenvalue weighted by molar-refractivity contribution is 5.96. The van der Waals surface area contributed by atoms with Crippen LogP contribution in [0.3, 0.4) is 0 Å². The molecule has 4 atom stereocenters. The van der Waals surface area contributed by atoms with Gasteiger partial charge < -0.3 is 49.1 Å². The van der Waals surface area contributed by atoms with Crippen molar-refractivity contribution in [1.82, 2.24) is 16.0 Å². The summed E-state index contributed by atoms with van der Waals surface area (Å²) in [6.07, 6.45) is -1.04. The molecule has 0 saturated carbocycles. The van der Waals surface area contributed by atoms with Gasteiger partial charge in [-0.1, -0.05) is 0 Å². The minimum absolute atomic E-state index is 0.0232. The smallest absolute Gasteiger partial charge is 0.326 e. The van der Waals surface area contributed by atoms with Crippen molar-refractivity contribution in [2.75, 3.05) is 6.54 Å². The summed E-state index contributed by atoms with van der Waals surface area (Å²) < 4.78 is 0. The number of amides is 5. The standard InChI is InChI=1S/C20H35N7O9/c21-8-2-1-3-11(18(33)26-12(20(35)36)5-7-16(30)31)25-19(34)13(9-15(24)29)27-17(32)10(22)4-6-14(23)28/h10-13H,1-9,21-22H2,(H2,23,28)(H2,24,29)(H,25,34)(H,26,33)(H,27,32)(H,30,31)(H,35,36). The van der Waals surface area contributed by atoms with Crippen molar-refractivity contribution in [3.8, 4) is 0 Å². The molecule has 0 saturated heterocycles. The zero-order valence-electron chi connectivity index (χ0n) is 19.7. The molecule has 204 valence electrons. The molecule has 4 unspecified atom stereocenters. The molecule has 0 radical (unpaired) electrons. The summed E-state index contributed by atoms with van der Waals surface area (Å²) in [6.45, 7) is 0.280. The molecule has 13 N–H and O–H groups in total. The molecule has 0 aliphatic heterocycles. The minimum atomic E-state index is -1.54. The van der Waals surface area contributed by atoms with Crippen LogP contribution in [0.1, 0.15) is 51.4 Å². The van der Waals surface area contributed by atoms with Crippen molar-refractivity contribution in [1.29, 1.82) is 0 Å². The van der Waals surface area contributed by atoms with Gasteiger partial charge in [0, 0.05) is 12.8 Å². The minimum Gasteiger partial charge on any atom is -0.481 e. The van der Waals surface area contributed by atoms with Crippen LogP contribution in [0.15, 0.2) is 0 Å². The van der Waals surface area contributed by atoms with E-state index in [0.717, 1.165) is 0 Å². The molecule has 0 aromatic heterocycles. The predicted molar refractivity (Wildman–Crippen MR) is 123 cm³/mol. The first kappa shape index (κ1) is 32.2. The number of hydrogen-bond donors (Lipinski definition) is 9. The Hall–Kier alpha value is -3.79. The predicted octanol–water partition coefficient (Wildman–Crippen LogP) is -4.01. The van der Waals surface area contributed by atoms with E-state index >= 15 is 0 Å². The Labute approximate surface area is 206 Å². The lowest BCUT2D eigenvalue weighted by Gasteiger charge is -2.24. The lowest BCUT2D eigenvalue weighted by molar-refractivity contribution is -0.143. The summed E-state index contributed by atoms with van der Waals surface area (Å²) >= 11 is 0. The number of carboxylic acids is 2. The Morgan fingerprint density at radius 2 is 1.22 bits per heavy atom. The molecule has 0 aliphatic carbocycles. The number of nitrogens with two attached hydrogens (primary N) is 4. The average molecular weight is 518 g/mol. The second kappa shape index (κ2) is 16.8. The number of carbonyl (C=O) groups is 7. The molecular weight excluding hydrogens is 482 g/mol. The lowest BCUT2D eigenvalue weighted by Crippen LogP contribution is -2.57. The molecule has 0 bridgehead atoms. The first-order valence-corrected chi connectivity index (χ1v) is 11.2. The maximum Gasteiger partial charge on any atom is 0.326 e. The van der Waals surface area contributed by atoms with Crippen LogP contribution in [0.5, 0.6) is 0 Å². The fraction of sp³-hybridized carbons (Fsp3) is 0.650. The van der Waals surface area contributed by atoms with Crippen LogP contribution in [-0.2, 0) is 33.6 Å². The van der Waals surface area contributed by atoms with Crippen molar-refractivity contribution in [2.24, 2.45) is 22.9 Å². The molecule has 0 spiro atoms. The molecule has 16 nitrogen and oxygen atoms in total. The van der Waals surface area contributed by atoms with Gasteiger partial charge in [-0.2, -0.15) is 0 Å². The Balaban J connectivity index is 5.53. The van der Waals surface area contributed by atoms with Gasteiger partial charge in [0.05, 0.1) is 12.5 Å². The van der Waals surface area contributed by atoms with Gasteiger partial charge in [0.25, 0.3) is 0 Å². The van der Waals surface area contributed by atoms with Gasteiger partial charge in [0.15, 0.2) is 0 Å². The first-order valence-electron chi connectivity index (χ1n) is 11.2. The lowest BCUT2D eigenvalue weighted by atomic mass is 10.0. The van der Waals surface area contributed by atoms with Crippen LogP contribution in [0.2, 0.25) is 0 Å². The summed E-state index contributed by atoms with van der Waals surface area (Å²) in [7, 11) is 0. The quantitative estimate of drug-likeness (QED) is 0.0743. The summed E-state index contributed by atoms with van der Waals surface area (Å²) in [5.41, 5.74) is 21.3. The van der Waals surface area contributed by atoms with Crippen LogP contribution < -0.4 is 38.9 Å². The van der Waals surface area contributed by atoms with Gasteiger partial charge in [0.1, 0.15) is 18.1 Å². The SMILES string of the molecule is NCCCCC(NC(=O)C(CC(N)=O)NC(=O)C(N)CCC(N)=O)C(=O)NC(CCC(=O)O)C(=O)O. The third-order valence-corrected chi connectivity index (χ3v) is 4.92. The molecule has 0 rings (SSSR count). The fourth-order valence-corrected chi connectivity index (χ4v) is 2.95. The van der Waals surface area contributed by atoms with Crippen LogP contribution >= 0.6 is 0 Å². The molecule has 0 aromatic carbocycles. The second-order valence-electron chi connectivity index (χ2n) is 8.02. The van der Waals surface area contributed by atoms with E-state index in [9.17, 15) is 38.7 Å². The summed E-state index contributed by atoms with van der Waals surface area (Å²) in [4.78, 5) is 82.4. The van der Waals surface area contributed by atoms with Gasteiger partial charge in [0.2, 0.25) is 29.5 Å². The highest BCUT2D eigenvalue weighted by Crippen LogP contribution is 2.06. The summed E-state index contributed by atoms with van der Waals surface area (Å²) in [6, 6.07) is -5.59. The van der Waals surface area contributed by atoms with E-state index in [1.807, 2.05) is 0 Å². The monoisotopic (exact) mass is 517 g/mol. The van der Waals surface area contributed by atoms with Crippen LogP contribution in [0.25, 0.3) is 0 Å². The first-order chi connectivity index (χ1) is 16.8. The zero-order valence-corrected chi connectivity index (χ0v) is 19.7. The van der Waals surface area contributed by atoms with Crippen molar-refractivity contribution in [3.63, 3.8) is 0 Å². The zero-order chi connectivity index (χ0) is 27.8. The number of primary amides is 2. The maximum atomic E-state index is 12.8. The Kier molecular flexibility index (Phi) is 15.0. The Morgan fingerprint density at radius 3 is 1.72 bits per heavy atom. The molecule has 0 aromatic rings. The molecular formula is C20H35N7O9. The highest BCUT2D eigenvalue weighted by atomic mass is 16.4. The van der Waals surface area contributed by atoms with E-state index in [2.05, 4.69) is 16.0 Å². The molecule has 0 heterocycles. The molecule has 36 heavy (non-hydrogen) atoms. The van der Waals surface area contributed by atoms with Gasteiger partial charge in [-0.3, -0.25) is 28.8 Å². The van der Waals surface area contributed by atoms with E-state index in [1.54, 1.807) is 0 Å². The van der Waals surface area contributed by atoms with E-state index in [-0.39, 0.29) is 25.8 Å². The number of carbonyl (C=O) groups excluding carboxylic acids is 5. The summed E-state index contributed by atoms with van der Waals surface area (Å²) in [5.74, 6) is -7.15. The number of rotatable bonds is 19. The fourth-order valence-electron chi connectivity index (χ4n) is 2.95. The van der Waals surface area contributed by atoms with Crippen LogP contribution in [0, 0.1) is 0 Å². The average Bonchev–Trinajstić information content (AvgIpc) is 2.77. The molecule has 0 fully saturated rings. The van der Waals surface area contributed by atoms with Crippen LogP contribution in [-0.4, -0.2) is 82.4 Å². The number of hydrogen-bond acceptors (Lipinski definition) is 9.